The van der Waals surface area contributed by atoms with Crippen LogP contribution in [0.1, 0.15) is 25.8 Å². The van der Waals surface area contributed by atoms with Crippen molar-refractivity contribution in [1.29, 1.82) is 0 Å². The Labute approximate surface area is 113 Å². The summed E-state index contributed by atoms with van der Waals surface area (Å²) in [4.78, 5) is 0.204. The molecule has 0 aliphatic heterocycles. The van der Waals surface area contributed by atoms with Gasteiger partial charge in [0.15, 0.2) is 5.05 Å². The zero-order chi connectivity index (χ0) is 13.6. The molecule has 0 atom stereocenters. The van der Waals surface area contributed by atoms with Crippen molar-refractivity contribution in [2.75, 3.05) is 13.2 Å². The van der Waals surface area contributed by atoms with E-state index in [4.69, 9.17) is 17.0 Å². The Hall–Kier alpha value is -0.980. The SMILES string of the molecule is CCCNS(=O)(=O)c1cccc(C(=S)OCC)c1. The quantitative estimate of drug-likeness (QED) is 0.814. The number of hydrogen-bond donors (Lipinski definition) is 1. The standard InChI is InChI=1S/C12H17NO3S2/c1-3-8-13-18(14,15)11-7-5-6-10(9-11)12(17)16-4-2/h5-7,9,13H,3-4,8H2,1-2H3. The summed E-state index contributed by atoms with van der Waals surface area (Å²) in [7, 11) is -3.46. The molecule has 0 amide bonds. The molecule has 18 heavy (non-hydrogen) atoms. The van der Waals surface area contributed by atoms with Gasteiger partial charge in [-0.05, 0) is 37.7 Å². The monoisotopic (exact) mass is 287 g/mol. The van der Waals surface area contributed by atoms with Crippen molar-refractivity contribution in [2.45, 2.75) is 25.2 Å². The van der Waals surface area contributed by atoms with Gasteiger partial charge in [0.2, 0.25) is 10.0 Å². The second-order valence-corrected chi connectivity index (χ2v) is 5.78. The number of rotatable bonds is 6. The lowest BCUT2D eigenvalue weighted by Gasteiger charge is -2.08. The van der Waals surface area contributed by atoms with E-state index >= 15 is 0 Å². The normalized spacial score (nSPS) is 11.2. The molecule has 6 heteroatoms. The van der Waals surface area contributed by atoms with Crippen LogP contribution in [-0.4, -0.2) is 26.6 Å². The maximum Gasteiger partial charge on any atom is 0.240 e. The van der Waals surface area contributed by atoms with E-state index in [1.54, 1.807) is 12.1 Å². The van der Waals surface area contributed by atoms with Crippen LogP contribution in [0.4, 0.5) is 0 Å². The Morgan fingerprint density at radius 2 is 2.11 bits per heavy atom. The van der Waals surface area contributed by atoms with Crippen LogP contribution in [0, 0.1) is 0 Å². The number of thiocarbonyl (C=S) groups is 1. The van der Waals surface area contributed by atoms with E-state index in [1.165, 1.54) is 12.1 Å². The zero-order valence-electron chi connectivity index (χ0n) is 10.5. The van der Waals surface area contributed by atoms with Gasteiger partial charge in [-0.25, -0.2) is 13.1 Å². The molecule has 1 rings (SSSR count). The molecule has 4 nitrogen and oxygen atoms in total. The highest BCUT2D eigenvalue weighted by Crippen LogP contribution is 2.13. The summed E-state index contributed by atoms with van der Waals surface area (Å²) in [5, 5.41) is 0.310. The van der Waals surface area contributed by atoms with Crippen LogP contribution in [0.2, 0.25) is 0 Å². The molecule has 0 bridgehead atoms. The Bertz CT molecular complexity index is 512. The van der Waals surface area contributed by atoms with Crippen molar-refractivity contribution in [1.82, 2.24) is 4.72 Å². The third kappa shape index (κ3) is 4.04. The molecule has 0 saturated heterocycles. The van der Waals surface area contributed by atoms with Gasteiger partial charge < -0.3 is 4.74 Å². The summed E-state index contributed by atoms with van der Waals surface area (Å²) < 4.78 is 31.6. The van der Waals surface area contributed by atoms with Crippen molar-refractivity contribution in [2.24, 2.45) is 0 Å². The number of sulfonamides is 1. The smallest absolute Gasteiger partial charge is 0.240 e. The Morgan fingerprint density at radius 1 is 1.39 bits per heavy atom. The van der Waals surface area contributed by atoms with Crippen LogP contribution in [0.15, 0.2) is 29.2 Å². The van der Waals surface area contributed by atoms with Crippen LogP contribution < -0.4 is 4.72 Å². The summed E-state index contributed by atoms with van der Waals surface area (Å²) in [6, 6.07) is 6.45. The maximum atomic E-state index is 11.9. The fraction of sp³-hybridized carbons (Fsp3) is 0.417. The van der Waals surface area contributed by atoms with E-state index in [2.05, 4.69) is 4.72 Å². The fourth-order valence-electron chi connectivity index (χ4n) is 1.32. The van der Waals surface area contributed by atoms with Gasteiger partial charge in [-0.1, -0.05) is 19.1 Å². The number of nitrogens with one attached hydrogen (secondary N) is 1. The molecule has 1 N–H and O–H groups in total. The largest absolute Gasteiger partial charge is 0.483 e. The fourth-order valence-corrected chi connectivity index (χ4v) is 2.75. The van der Waals surface area contributed by atoms with Crippen molar-refractivity contribution in [3.05, 3.63) is 29.8 Å². The van der Waals surface area contributed by atoms with Gasteiger partial charge in [-0.3, -0.25) is 0 Å². The van der Waals surface area contributed by atoms with Crippen LogP contribution in [0.3, 0.4) is 0 Å². The highest BCUT2D eigenvalue weighted by Gasteiger charge is 2.14. The summed E-state index contributed by atoms with van der Waals surface area (Å²) in [5.74, 6) is 0. The third-order valence-corrected chi connectivity index (χ3v) is 4.01. The molecule has 0 heterocycles. The Kier molecular flexibility index (Phi) is 5.71. The van der Waals surface area contributed by atoms with Crippen molar-refractivity contribution >= 4 is 27.3 Å². The first-order valence-electron chi connectivity index (χ1n) is 5.78. The van der Waals surface area contributed by atoms with E-state index in [0.29, 0.717) is 23.8 Å². The van der Waals surface area contributed by atoms with Crippen molar-refractivity contribution in [3.8, 4) is 0 Å². The predicted octanol–water partition coefficient (Wildman–Crippen LogP) is 2.09. The van der Waals surface area contributed by atoms with Gasteiger partial charge in [0.05, 0.1) is 11.5 Å². The van der Waals surface area contributed by atoms with Gasteiger partial charge in [0.1, 0.15) is 0 Å². The van der Waals surface area contributed by atoms with Crippen molar-refractivity contribution in [3.63, 3.8) is 0 Å². The van der Waals surface area contributed by atoms with Gasteiger partial charge in [0.25, 0.3) is 0 Å². The lowest BCUT2D eigenvalue weighted by atomic mass is 10.2. The topological polar surface area (TPSA) is 55.4 Å². The van der Waals surface area contributed by atoms with Crippen LogP contribution in [0.5, 0.6) is 0 Å². The molecule has 0 aliphatic rings. The molecule has 0 radical (unpaired) electrons. The van der Waals surface area contributed by atoms with E-state index in [9.17, 15) is 8.42 Å². The maximum absolute atomic E-state index is 11.9. The summed E-state index contributed by atoms with van der Waals surface area (Å²) in [6.07, 6.45) is 0.746. The van der Waals surface area contributed by atoms with Crippen LogP contribution >= 0.6 is 12.2 Å². The predicted molar refractivity (Wildman–Crippen MR) is 75.2 cm³/mol. The first kappa shape index (κ1) is 15.1. The van der Waals surface area contributed by atoms with Gasteiger partial charge >= 0.3 is 0 Å². The molecule has 1 aromatic carbocycles. The average Bonchev–Trinajstić information content (AvgIpc) is 2.37. The van der Waals surface area contributed by atoms with Crippen molar-refractivity contribution < 1.29 is 13.2 Å². The minimum Gasteiger partial charge on any atom is -0.483 e. The summed E-state index contributed by atoms with van der Waals surface area (Å²) in [5.41, 5.74) is 0.603. The van der Waals surface area contributed by atoms with E-state index < -0.39 is 10.0 Å². The summed E-state index contributed by atoms with van der Waals surface area (Å²) in [6.45, 7) is 4.62. The Balaban J connectivity index is 2.98. The van der Waals surface area contributed by atoms with Gasteiger partial charge in [-0.2, -0.15) is 0 Å². The minimum atomic E-state index is -3.46. The van der Waals surface area contributed by atoms with Crippen LogP contribution in [0.25, 0.3) is 0 Å². The lowest BCUT2D eigenvalue weighted by Crippen LogP contribution is -2.24. The van der Waals surface area contributed by atoms with Gasteiger partial charge in [-0.15, -0.1) is 0 Å². The number of hydrogen-bond acceptors (Lipinski definition) is 4. The average molecular weight is 287 g/mol. The zero-order valence-corrected chi connectivity index (χ0v) is 12.1. The third-order valence-electron chi connectivity index (χ3n) is 2.20. The number of ether oxygens (including phenoxy) is 1. The highest BCUT2D eigenvalue weighted by atomic mass is 32.2. The number of benzene rings is 1. The lowest BCUT2D eigenvalue weighted by molar-refractivity contribution is 0.337. The minimum absolute atomic E-state index is 0.204. The van der Waals surface area contributed by atoms with Gasteiger partial charge in [0, 0.05) is 12.1 Å². The van der Waals surface area contributed by atoms with E-state index in [1.807, 2.05) is 13.8 Å². The second-order valence-electron chi connectivity index (χ2n) is 3.65. The summed E-state index contributed by atoms with van der Waals surface area (Å²) >= 11 is 5.05. The first-order valence-corrected chi connectivity index (χ1v) is 7.67. The molecule has 0 fully saturated rings. The molecule has 0 aliphatic carbocycles. The molecular weight excluding hydrogens is 270 g/mol. The highest BCUT2D eigenvalue weighted by molar-refractivity contribution is 7.89. The van der Waals surface area contributed by atoms with Crippen LogP contribution in [-0.2, 0) is 14.8 Å². The van der Waals surface area contributed by atoms with E-state index in [-0.39, 0.29) is 4.90 Å². The molecule has 1 aromatic rings. The second kappa shape index (κ2) is 6.82. The van der Waals surface area contributed by atoms with E-state index in [0.717, 1.165) is 6.42 Å². The Morgan fingerprint density at radius 3 is 2.72 bits per heavy atom. The molecular formula is C12H17NO3S2. The molecule has 100 valence electrons. The first-order chi connectivity index (χ1) is 8.51. The molecule has 0 spiro atoms. The molecule has 0 unspecified atom stereocenters. The molecule has 0 saturated carbocycles. The molecule has 0 aromatic heterocycles.